The van der Waals surface area contributed by atoms with Crippen LogP contribution < -0.4 is 5.32 Å². The molecule has 3 N–H and O–H groups in total. The molecule has 0 aromatic carbocycles. The van der Waals surface area contributed by atoms with Gasteiger partial charge in [0.25, 0.3) is 0 Å². The molecule has 0 aromatic heterocycles. The van der Waals surface area contributed by atoms with Gasteiger partial charge in [-0.25, -0.2) is 0 Å². The van der Waals surface area contributed by atoms with Crippen LogP contribution in [0.1, 0.15) is 341 Å². The van der Waals surface area contributed by atoms with Crippen molar-refractivity contribution in [1.82, 2.24) is 5.32 Å². The third kappa shape index (κ3) is 57.2. The Hall–Kier alpha value is -1.92. The molecule has 0 radical (unpaired) electrons. The Labute approximate surface area is 443 Å². The van der Waals surface area contributed by atoms with Crippen LogP contribution in [0.2, 0.25) is 0 Å². The number of carbonyl (C=O) groups excluding carboxylic acids is 2. The van der Waals surface area contributed by atoms with Crippen molar-refractivity contribution in [2.24, 2.45) is 0 Å². The van der Waals surface area contributed by atoms with Gasteiger partial charge in [-0.05, 0) is 64.2 Å². The second-order valence-corrected chi connectivity index (χ2v) is 21.7. The van der Waals surface area contributed by atoms with Crippen LogP contribution in [0.4, 0.5) is 0 Å². The van der Waals surface area contributed by atoms with Crippen molar-refractivity contribution in [2.75, 3.05) is 13.2 Å². The Morgan fingerprint density at radius 2 is 0.704 bits per heavy atom. The zero-order chi connectivity index (χ0) is 51.4. The monoisotopic (exact) mass is 998 g/mol. The third-order valence-electron chi connectivity index (χ3n) is 14.7. The molecule has 0 aliphatic carbocycles. The molecule has 0 spiro atoms. The first kappa shape index (κ1) is 69.1. The van der Waals surface area contributed by atoms with E-state index in [1.807, 2.05) is 6.08 Å². The summed E-state index contributed by atoms with van der Waals surface area (Å²) in [7, 11) is 0. The van der Waals surface area contributed by atoms with E-state index in [4.69, 9.17) is 4.74 Å². The van der Waals surface area contributed by atoms with E-state index in [2.05, 4.69) is 43.5 Å². The summed E-state index contributed by atoms with van der Waals surface area (Å²) in [5.41, 5.74) is 0. The number of amides is 1. The van der Waals surface area contributed by atoms with Crippen molar-refractivity contribution >= 4 is 11.9 Å². The lowest BCUT2D eigenvalue weighted by molar-refractivity contribution is -0.143. The highest BCUT2D eigenvalue weighted by atomic mass is 16.5. The summed E-state index contributed by atoms with van der Waals surface area (Å²) in [5.74, 6) is -0.112. The Kier molecular flexibility index (Phi) is 59.0. The molecule has 0 aliphatic rings. The molecular formula is C65H123NO5. The highest BCUT2D eigenvalue weighted by Gasteiger charge is 2.18. The quantitative estimate of drug-likeness (QED) is 0.0321. The zero-order valence-electron chi connectivity index (χ0n) is 47.7. The number of allylic oxidation sites excluding steroid dienone is 5. The predicted molar refractivity (Wildman–Crippen MR) is 310 cm³/mol. The van der Waals surface area contributed by atoms with Crippen LogP contribution in [0.3, 0.4) is 0 Å². The molecule has 418 valence electrons. The van der Waals surface area contributed by atoms with Gasteiger partial charge in [-0.3, -0.25) is 9.59 Å². The molecule has 1 amide bonds. The summed E-state index contributed by atoms with van der Waals surface area (Å²) in [6, 6.07) is -0.647. The molecule has 0 aliphatic heterocycles. The molecule has 0 heterocycles. The van der Waals surface area contributed by atoms with Crippen LogP contribution in [0.15, 0.2) is 36.5 Å². The minimum Gasteiger partial charge on any atom is -0.466 e. The summed E-state index contributed by atoms with van der Waals surface area (Å²) in [6.45, 7) is 4.85. The highest BCUT2D eigenvalue weighted by molar-refractivity contribution is 5.76. The van der Waals surface area contributed by atoms with Gasteiger partial charge in [0.1, 0.15) is 0 Å². The Morgan fingerprint density at radius 1 is 0.394 bits per heavy atom. The van der Waals surface area contributed by atoms with Crippen molar-refractivity contribution in [3.63, 3.8) is 0 Å². The number of nitrogens with one attached hydrogen (secondary N) is 1. The number of esters is 1. The number of carbonyl (C=O) groups is 2. The van der Waals surface area contributed by atoms with Crippen molar-refractivity contribution in [3.8, 4) is 0 Å². The maximum atomic E-state index is 12.5. The fraction of sp³-hybridized carbons (Fsp3) is 0.877. The molecule has 0 fully saturated rings. The van der Waals surface area contributed by atoms with E-state index in [0.29, 0.717) is 19.4 Å². The summed E-state index contributed by atoms with van der Waals surface area (Å²) in [6.07, 6.45) is 76.1. The number of aliphatic hydroxyl groups is 2. The van der Waals surface area contributed by atoms with Crippen LogP contribution in [-0.2, 0) is 14.3 Å². The topological polar surface area (TPSA) is 95.9 Å². The molecule has 0 saturated carbocycles. The molecule has 2 atom stereocenters. The smallest absolute Gasteiger partial charge is 0.305 e. The number of aliphatic hydroxyl groups excluding tert-OH is 2. The molecule has 2 unspecified atom stereocenters. The Morgan fingerprint density at radius 3 is 1.10 bits per heavy atom. The highest BCUT2D eigenvalue weighted by Crippen LogP contribution is 2.18. The normalized spacial score (nSPS) is 12.8. The van der Waals surface area contributed by atoms with E-state index >= 15 is 0 Å². The zero-order valence-corrected chi connectivity index (χ0v) is 47.7. The molecule has 0 bridgehead atoms. The average molecular weight is 999 g/mol. The van der Waals surface area contributed by atoms with Crippen molar-refractivity contribution in [3.05, 3.63) is 36.5 Å². The van der Waals surface area contributed by atoms with E-state index in [-0.39, 0.29) is 18.5 Å². The van der Waals surface area contributed by atoms with Crippen molar-refractivity contribution in [1.29, 1.82) is 0 Å². The molecule has 0 rings (SSSR count). The maximum absolute atomic E-state index is 12.5. The van der Waals surface area contributed by atoms with Crippen molar-refractivity contribution in [2.45, 2.75) is 353 Å². The van der Waals surface area contributed by atoms with Gasteiger partial charge in [-0.1, -0.05) is 301 Å². The molecule has 6 heteroatoms. The number of hydrogen-bond donors (Lipinski definition) is 3. The van der Waals surface area contributed by atoms with Gasteiger partial charge in [0, 0.05) is 12.8 Å². The van der Waals surface area contributed by atoms with E-state index in [1.54, 1.807) is 6.08 Å². The summed E-state index contributed by atoms with van der Waals surface area (Å²) >= 11 is 0. The van der Waals surface area contributed by atoms with E-state index in [0.717, 1.165) is 64.2 Å². The maximum Gasteiger partial charge on any atom is 0.305 e. The minimum atomic E-state index is -0.862. The van der Waals surface area contributed by atoms with Crippen molar-refractivity contribution < 1.29 is 24.5 Å². The van der Waals surface area contributed by atoms with Crippen LogP contribution in [0, 0.1) is 0 Å². The second kappa shape index (κ2) is 60.6. The lowest BCUT2D eigenvalue weighted by atomic mass is 10.0. The van der Waals surface area contributed by atoms with Crippen LogP contribution in [-0.4, -0.2) is 47.4 Å². The van der Waals surface area contributed by atoms with Gasteiger partial charge in [-0.2, -0.15) is 0 Å². The molecule has 0 aromatic rings. The number of rotatable bonds is 59. The SMILES string of the molecule is CCCCC/C=C\C/C=C\CCCCCCCCCCCC(=O)OCCCCCCCCCCCCC(=O)NC(CO)C(O)/C=C/CCCCCCCCCCCCCCCCCCCCCCCCC. The fourth-order valence-corrected chi connectivity index (χ4v) is 9.78. The standard InChI is InChI=1S/C65H123NO5/c1-3-5-7-9-11-13-15-17-19-21-23-24-25-26-27-28-30-31-33-35-37-41-45-49-53-57-63(68)62(61-67)66-64(69)58-54-50-46-42-39-40-44-48-52-56-60-71-65(70)59-55-51-47-43-38-36-34-32-29-22-20-18-16-14-12-10-8-6-4-2/h12,14,18,20,53,57,62-63,67-68H,3-11,13,15-17,19,21-52,54-56,58-61H2,1-2H3,(H,66,69)/b14-12-,20-18-,57-53+. The minimum absolute atomic E-state index is 0.0237. The Balaban J connectivity index is 3.48. The van der Waals surface area contributed by atoms with Gasteiger partial charge >= 0.3 is 5.97 Å². The fourth-order valence-electron chi connectivity index (χ4n) is 9.78. The molecular weight excluding hydrogens is 875 g/mol. The first-order chi connectivity index (χ1) is 35.0. The second-order valence-electron chi connectivity index (χ2n) is 21.7. The van der Waals surface area contributed by atoms with Gasteiger partial charge in [-0.15, -0.1) is 0 Å². The third-order valence-corrected chi connectivity index (χ3v) is 14.7. The molecule has 6 nitrogen and oxygen atoms in total. The van der Waals surface area contributed by atoms with Gasteiger partial charge in [0.2, 0.25) is 5.91 Å². The van der Waals surface area contributed by atoms with E-state index in [9.17, 15) is 19.8 Å². The number of unbranched alkanes of at least 4 members (excludes halogenated alkanes) is 44. The Bertz CT molecular complexity index is 1150. The first-order valence-corrected chi connectivity index (χ1v) is 31.8. The summed E-state index contributed by atoms with van der Waals surface area (Å²) in [4.78, 5) is 24.6. The first-order valence-electron chi connectivity index (χ1n) is 31.8. The van der Waals surface area contributed by atoms with Gasteiger partial charge in [0.15, 0.2) is 0 Å². The van der Waals surface area contributed by atoms with Gasteiger partial charge in [0.05, 0.1) is 25.4 Å². The average Bonchev–Trinajstić information content (AvgIpc) is 3.37. The van der Waals surface area contributed by atoms with Crippen LogP contribution in [0.5, 0.6) is 0 Å². The summed E-state index contributed by atoms with van der Waals surface area (Å²) < 4.78 is 5.48. The number of hydrogen-bond acceptors (Lipinski definition) is 5. The lowest BCUT2D eigenvalue weighted by Crippen LogP contribution is -2.45. The predicted octanol–water partition coefficient (Wildman–Crippen LogP) is 20.0. The lowest BCUT2D eigenvalue weighted by Gasteiger charge is -2.20. The van der Waals surface area contributed by atoms with E-state index in [1.165, 1.54) is 250 Å². The van der Waals surface area contributed by atoms with Crippen LogP contribution >= 0.6 is 0 Å². The molecule has 0 saturated heterocycles. The summed E-state index contributed by atoms with van der Waals surface area (Å²) in [5, 5.41) is 23.2. The van der Waals surface area contributed by atoms with Gasteiger partial charge < -0.3 is 20.3 Å². The van der Waals surface area contributed by atoms with Crippen LogP contribution in [0.25, 0.3) is 0 Å². The number of ether oxygens (including phenoxy) is 1. The van der Waals surface area contributed by atoms with E-state index < -0.39 is 12.1 Å². The largest absolute Gasteiger partial charge is 0.466 e. The molecule has 71 heavy (non-hydrogen) atoms.